The number of hydrogen-bond donors (Lipinski definition) is 0. The number of rotatable bonds is 6. The molecule has 0 amide bonds. The molecule has 1 aromatic rings. The third-order valence-corrected chi connectivity index (χ3v) is 3.06. The van der Waals surface area contributed by atoms with Crippen molar-refractivity contribution in [2.45, 2.75) is 5.38 Å². The van der Waals surface area contributed by atoms with Crippen LogP contribution in [-0.2, 0) is 14.3 Å². The maximum atomic E-state index is 11.8. The van der Waals surface area contributed by atoms with E-state index in [1.807, 2.05) is 0 Å². The van der Waals surface area contributed by atoms with Gasteiger partial charge in [0.25, 0.3) is 5.78 Å². The van der Waals surface area contributed by atoms with Gasteiger partial charge in [-0.25, -0.2) is 4.79 Å². The fourth-order valence-electron chi connectivity index (χ4n) is 1.67. The van der Waals surface area contributed by atoms with Crippen molar-refractivity contribution in [2.24, 2.45) is 0 Å². The van der Waals surface area contributed by atoms with Crippen LogP contribution >= 0.6 is 11.6 Å². The number of Topliss-reactive ketones (excluding diaryl/α,β-unsaturated/α-hetero) is 1. The van der Waals surface area contributed by atoms with E-state index in [0.717, 1.165) is 7.11 Å². The van der Waals surface area contributed by atoms with E-state index in [0.29, 0.717) is 11.3 Å². The molecule has 0 bridgehead atoms. The van der Waals surface area contributed by atoms with Crippen molar-refractivity contribution >= 4 is 23.4 Å². The van der Waals surface area contributed by atoms with Crippen LogP contribution in [-0.4, -0.2) is 40.2 Å². The van der Waals surface area contributed by atoms with Gasteiger partial charge >= 0.3 is 5.97 Å². The zero-order valence-corrected chi connectivity index (χ0v) is 12.3. The molecule has 0 aliphatic heterocycles. The second-order valence-corrected chi connectivity index (χ2v) is 4.08. The monoisotopic (exact) mass is 302 g/mol. The smallest absolute Gasteiger partial charge is 0.376 e. The Morgan fingerprint density at radius 3 is 2.05 bits per heavy atom. The summed E-state index contributed by atoms with van der Waals surface area (Å²) in [5.41, 5.74) is 0.294. The molecule has 0 aliphatic carbocycles. The lowest BCUT2D eigenvalue weighted by Crippen LogP contribution is -2.20. The summed E-state index contributed by atoms with van der Waals surface area (Å²) < 4.78 is 19.9. The first-order valence-corrected chi connectivity index (χ1v) is 6.00. The van der Waals surface area contributed by atoms with E-state index in [4.69, 9.17) is 25.8 Å². The first kappa shape index (κ1) is 16.1. The molecular weight excluding hydrogens is 288 g/mol. The van der Waals surface area contributed by atoms with Crippen LogP contribution in [0.3, 0.4) is 0 Å². The summed E-state index contributed by atoms with van der Waals surface area (Å²) in [4.78, 5) is 23.0. The minimum absolute atomic E-state index is 0.226. The molecule has 0 radical (unpaired) electrons. The zero-order chi connectivity index (χ0) is 15.3. The van der Waals surface area contributed by atoms with Crippen molar-refractivity contribution in [3.63, 3.8) is 0 Å². The van der Waals surface area contributed by atoms with Crippen LogP contribution in [0.1, 0.15) is 10.9 Å². The van der Waals surface area contributed by atoms with E-state index >= 15 is 0 Å². The van der Waals surface area contributed by atoms with Crippen LogP contribution in [0.5, 0.6) is 17.2 Å². The summed E-state index contributed by atoms with van der Waals surface area (Å²) in [5.74, 6) is -0.982. The minimum Gasteiger partial charge on any atom is -0.493 e. The standard InChI is InChI=1S/C13H15ClO6/c1-17-8-6-5-7(11(18-2)12(8)19-3)9(14)10(15)13(16)20-4/h5-6,9H,1-4H3. The molecule has 0 fully saturated rings. The van der Waals surface area contributed by atoms with Crippen LogP contribution < -0.4 is 14.2 Å². The van der Waals surface area contributed by atoms with Crippen LogP contribution in [0.4, 0.5) is 0 Å². The summed E-state index contributed by atoms with van der Waals surface area (Å²) in [6, 6.07) is 3.09. The highest BCUT2D eigenvalue weighted by Crippen LogP contribution is 2.43. The zero-order valence-electron chi connectivity index (χ0n) is 11.6. The number of esters is 1. The molecule has 7 heteroatoms. The molecule has 1 atom stereocenters. The van der Waals surface area contributed by atoms with Gasteiger partial charge in [0, 0.05) is 5.56 Å². The van der Waals surface area contributed by atoms with Gasteiger partial charge in [-0.1, -0.05) is 0 Å². The number of methoxy groups -OCH3 is 4. The van der Waals surface area contributed by atoms with Gasteiger partial charge in [0.2, 0.25) is 5.75 Å². The number of ether oxygens (including phenoxy) is 4. The lowest BCUT2D eigenvalue weighted by molar-refractivity contribution is -0.151. The summed E-state index contributed by atoms with van der Waals surface area (Å²) in [7, 11) is 5.40. The largest absolute Gasteiger partial charge is 0.493 e. The topological polar surface area (TPSA) is 71.1 Å². The van der Waals surface area contributed by atoms with Crippen molar-refractivity contribution in [1.82, 2.24) is 0 Å². The van der Waals surface area contributed by atoms with Crippen LogP contribution in [0.25, 0.3) is 0 Å². The van der Waals surface area contributed by atoms with Gasteiger partial charge in [0.1, 0.15) is 5.38 Å². The lowest BCUT2D eigenvalue weighted by Gasteiger charge is -2.17. The first-order valence-electron chi connectivity index (χ1n) is 5.56. The summed E-state index contributed by atoms with van der Waals surface area (Å²) >= 11 is 6.01. The van der Waals surface area contributed by atoms with E-state index in [-0.39, 0.29) is 11.5 Å². The number of halogens is 1. The molecule has 6 nitrogen and oxygen atoms in total. The minimum atomic E-state index is -1.24. The molecule has 0 aromatic heterocycles. The predicted octanol–water partition coefficient (Wildman–Crippen LogP) is 1.73. The van der Waals surface area contributed by atoms with Crippen LogP contribution in [0, 0.1) is 0 Å². The maximum Gasteiger partial charge on any atom is 0.376 e. The number of carbonyl (C=O) groups excluding carboxylic acids is 2. The third-order valence-electron chi connectivity index (χ3n) is 2.62. The van der Waals surface area contributed by atoms with Crippen molar-refractivity contribution in [3.05, 3.63) is 17.7 Å². The quantitative estimate of drug-likeness (QED) is 0.453. The van der Waals surface area contributed by atoms with Crippen molar-refractivity contribution in [1.29, 1.82) is 0 Å². The molecule has 1 unspecified atom stereocenters. The fraction of sp³-hybridized carbons (Fsp3) is 0.385. The molecule has 0 spiro atoms. The number of ketones is 1. The third kappa shape index (κ3) is 2.96. The number of alkyl halides is 1. The molecule has 0 saturated heterocycles. The molecule has 1 rings (SSSR count). The van der Waals surface area contributed by atoms with Gasteiger partial charge in [0.05, 0.1) is 28.4 Å². The summed E-state index contributed by atoms with van der Waals surface area (Å²) in [6.07, 6.45) is 0. The summed E-state index contributed by atoms with van der Waals surface area (Å²) in [5, 5.41) is -1.24. The fourth-order valence-corrected chi connectivity index (χ4v) is 1.93. The second kappa shape index (κ2) is 7.00. The van der Waals surface area contributed by atoms with Gasteiger partial charge < -0.3 is 18.9 Å². The SMILES string of the molecule is COC(=O)C(=O)C(Cl)c1ccc(OC)c(OC)c1OC. The van der Waals surface area contributed by atoms with E-state index in [1.165, 1.54) is 27.4 Å². The highest BCUT2D eigenvalue weighted by molar-refractivity contribution is 6.47. The Labute approximate surface area is 121 Å². The lowest BCUT2D eigenvalue weighted by atomic mass is 10.1. The molecule has 0 N–H and O–H groups in total. The van der Waals surface area contributed by atoms with Gasteiger partial charge in [-0.15, -0.1) is 11.6 Å². The number of benzene rings is 1. The Kier molecular flexibility index (Phi) is 5.64. The Bertz CT molecular complexity index is 514. The van der Waals surface area contributed by atoms with Gasteiger partial charge in [-0.05, 0) is 12.1 Å². The number of hydrogen-bond acceptors (Lipinski definition) is 6. The Hall–Kier alpha value is -1.95. The normalized spacial score (nSPS) is 11.4. The van der Waals surface area contributed by atoms with Gasteiger partial charge in [-0.3, -0.25) is 4.79 Å². The molecule has 110 valence electrons. The van der Waals surface area contributed by atoms with Crippen molar-refractivity contribution < 1.29 is 28.5 Å². The highest BCUT2D eigenvalue weighted by atomic mass is 35.5. The average Bonchev–Trinajstić information content (AvgIpc) is 2.50. The van der Waals surface area contributed by atoms with Crippen LogP contribution in [0.15, 0.2) is 12.1 Å². The van der Waals surface area contributed by atoms with Crippen molar-refractivity contribution in [2.75, 3.05) is 28.4 Å². The molecule has 1 aromatic carbocycles. The molecular formula is C13H15ClO6. The molecule has 20 heavy (non-hydrogen) atoms. The average molecular weight is 303 g/mol. The molecule has 0 aliphatic rings. The van der Waals surface area contributed by atoms with E-state index in [9.17, 15) is 9.59 Å². The Balaban J connectivity index is 3.31. The second-order valence-electron chi connectivity index (χ2n) is 3.64. The van der Waals surface area contributed by atoms with Crippen molar-refractivity contribution in [3.8, 4) is 17.2 Å². The Morgan fingerprint density at radius 1 is 1.00 bits per heavy atom. The summed E-state index contributed by atoms with van der Waals surface area (Å²) in [6.45, 7) is 0. The van der Waals surface area contributed by atoms with E-state index in [2.05, 4.69) is 4.74 Å². The first-order chi connectivity index (χ1) is 9.51. The highest BCUT2D eigenvalue weighted by Gasteiger charge is 2.30. The van der Waals surface area contributed by atoms with E-state index < -0.39 is 17.1 Å². The molecule has 0 saturated carbocycles. The Morgan fingerprint density at radius 2 is 1.60 bits per heavy atom. The molecule has 0 heterocycles. The predicted molar refractivity (Wildman–Crippen MR) is 71.7 cm³/mol. The number of carbonyl (C=O) groups is 2. The van der Waals surface area contributed by atoms with Crippen LogP contribution in [0.2, 0.25) is 0 Å². The van der Waals surface area contributed by atoms with Gasteiger partial charge in [-0.2, -0.15) is 0 Å². The maximum absolute atomic E-state index is 11.8. The van der Waals surface area contributed by atoms with E-state index in [1.54, 1.807) is 6.07 Å². The van der Waals surface area contributed by atoms with Gasteiger partial charge in [0.15, 0.2) is 11.5 Å².